The lowest BCUT2D eigenvalue weighted by molar-refractivity contribution is 0.403. The van der Waals surface area contributed by atoms with Crippen LogP contribution in [0.25, 0.3) is 0 Å². The van der Waals surface area contributed by atoms with Crippen LogP contribution in [0, 0.1) is 17.5 Å². The number of rotatable bonds is 2. The van der Waals surface area contributed by atoms with Crippen LogP contribution in [-0.4, -0.2) is 11.1 Å². The van der Waals surface area contributed by atoms with E-state index in [1.54, 1.807) is 0 Å². The summed E-state index contributed by atoms with van der Waals surface area (Å²) >= 11 is 0. The summed E-state index contributed by atoms with van der Waals surface area (Å²) in [6.45, 7) is 1.53. The van der Waals surface area contributed by atoms with Crippen molar-refractivity contribution in [1.29, 1.82) is 0 Å². The molecule has 1 unspecified atom stereocenters. The topological polar surface area (TPSA) is 46.2 Å². The highest BCUT2D eigenvalue weighted by atomic mass is 19.2. The number of halogens is 3. The molecule has 14 heavy (non-hydrogen) atoms. The molecule has 0 saturated heterocycles. The molecule has 3 N–H and O–H groups in total. The zero-order valence-electron chi connectivity index (χ0n) is 7.52. The fourth-order valence-corrected chi connectivity index (χ4v) is 1.14. The maximum absolute atomic E-state index is 13.1. The Morgan fingerprint density at radius 3 is 2.43 bits per heavy atom. The standard InChI is InChI=1S/C9H10F3NO/c1-4(13)2-5-8(11)6(10)3-7(14)9(5)12/h3-4,14H,2,13H2,1H3. The molecule has 5 heteroatoms. The van der Waals surface area contributed by atoms with E-state index in [2.05, 4.69) is 0 Å². The minimum Gasteiger partial charge on any atom is -0.505 e. The summed E-state index contributed by atoms with van der Waals surface area (Å²) in [5.41, 5.74) is 4.81. The molecule has 0 radical (unpaired) electrons. The van der Waals surface area contributed by atoms with Gasteiger partial charge >= 0.3 is 0 Å². The van der Waals surface area contributed by atoms with Crippen molar-refractivity contribution in [2.45, 2.75) is 19.4 Å². The highest BCUT2D eigenvalue weighted by molar-refractivity contribution is 5.32. The van der Waals surface area contributed by atoms with Gasteiger partial charge in [-0.15, -0.1) is 0 Å². The van der Waals surface area contributed by atoms with Gasteiger partial charge in [-0.2, -0.15) is 0 Å². The summed E-state index contributed by atoms with van der Waals surface area (Å²) in [7, 11) is 0. The summed E-state index contributed by atoms with van der Waals surface area (Å²) in [4.78, 5) is 0. The van der Waals surface area contributed by atoms with Crippen molar-refractivity contribution in [2.75, 3.05) is 0 Å². The number of nitrogens with two attached hydrogens (primary N) is 1. The number of hydrogen-bond acceptors (Lipinski definition) is 2. The van der Waals surface area contributed by atoms with Crippen LogP contribution in [0.5, 0.6) is 5.75 Å². The van der Waals surface area contributed by atoms with Crippen LogP contribution < -0.4 is 5.73 Å². The highest BCUT2D eigenvalue weighted by Crippen LogP contribution is 2.25. The number of hydrogen-bond donors (Lipinski definition) is 2. The van der Waals surface area contributed by atoms with Gasteiger partial charge in [0.05, 0.1) is 0 Å². The molecule has 1 atom stereocenters. The monoisotopic (exact) mass is 205 g/mol. The fourth-order valence-electron chi connectivity index (χ4n) is 1.14. The van der Waals surface area contributed by atoms with E-state index in [1.807, 2.05) is 0 Å². The molecule has 1 rings (SSSR count). The molecule has 0 saturated carbocycles. The Bertz CT molecular complexity index is 326. The van der Waals surface area contributed by atoms with E-state index in [-0.39, 0.29) is 6.42 Å². The molecule has 0 aliphatic carbocycles. The van der Waals surface area contributed by atoms with Gasteiger partial charge < -0.3 is 10.8 Å². The Labute approximate surface area is 79.2 Å². The highest BCUT2D eigenvalue weighted by Gasteiger charge is 2.18. The van der Waals surface area contributed by atoms with Gasteiger partial charge in [-0.05, 0) is 13.3 Å². The molecule has 78 valence electrons. The Hall–Kier alpha value is -1.23. The van der Waals surface area contributed by atoms with Crippen molar-refractivity contribution >= 4 is 0 Å². The maximum Gasteiger partial charge on any atom is 0.171 e. The van der Waals surface area contributed by atoms with Crippen LogP contribution in [0.3, 0.4) is 0 Å². The summed E-state index contributed by atoms with van der Waals surface area (Å²) in [6, 6.07) is -0.116. The quantitative estimate of drug-likeness (QED) is 0.722. The zero-order chi connectivity index (χ0) is 10.9. The first kappa shape index (κ1) is 10.8. The number of aromatic hydroxyl groups is 1. The van der Waals surface area contributed by atoms with Crippen LogP contribution >= 0.6 is 0 Å². The van der Waals surface area contributed by atoms with Crippen molar-refractivity contribution in [3.8, 4) is 5.75 Å². The van der Waals surface area contributed by atoms with Crippen molar-refractivity contribution in [1.82, 2.24) is 0 Å². The fraction of sp³-hybridized carbons (Fsp3) is 0.333. The van der Waals surface area contributed by atoms with E-state index >= 15 is 0 Å². The molecular weight excluding hydrogens is 195 g/mol. The first-order chi connectivity index (χ1) is 6.43. The first-order valence-electron chi connectivity index (χ1n) is 4.04. The van der Waals surface area contributed by atoms with Crippen molar-refractivity contribution in [3.05, 3.63) is 29.1 Å². The number of phenolic OH excluding ortho intramolecular Hbond substituents is 1. The molecule has 0 aliphatic rings. The summed E-state index contributed by atoms with van der Waals surface area (Å²) < 4.78 is 38.8. The minimum absolute atomic E-state index is 0.164. The lowest BCUT2D eigenvalue weighted by atomic mass is 10.1. The van der Waals surface area contributed by atoms with Crippen molar-refractivity contribution < 1.29 is 18.3 Å². The van der Waals surface area contributed by atoms with E-state index in [9.17, 15) is 13.2 Å². The van der Waals surface area contributed by atoms with Gasteiger partial charge in [0.25, 0.3) is 0 Å². The third kappa shape index (κ3) is 1.98. The third-order valence-corrected chi connectivity index (χ3v) is 1.75. The molecule has 0 bridgehead atoms. The second kappa shape index (κ2) is 3.88. The minimum atomic E-state index is -1.29. The molecule has 1 aromatic rings. The molecule has 0 heterocycles. The van der Waals surface area contributed by atoms with E-state index in [0.29, 0.717) is 6.07 Å². The van der Waals surface area contributed by atoms with Crippen LogP contribution in [0.15, 0.2) is 6.07 Å². The molecule has 0 aliphatic heterocycles. The number of phenols is 1. The second-order valence-electron chi connectivity index (χ2n) is 3.17. The van der Waals surface area contributed by atoms with E-state index in [4.69, 9.17) is 10.8 Å². The van der Waals surface area contributed by atoms with Crippen LogP contribution in [-0.2, 0) is 6.42 Å². The van der Waals surface area contributed by atoms with Crippen LogP contribution in [0.4, 0.5) is 13.2 Å². The average molecular weight is 205 g/mol. The van der Waals surface area contributed by atoms with Crippen LogP contribution in [0.2, 0.25) is 0 Å². The van der Waals surface area contributed by atoms with Gasteiger partial charge in [0.2, 0.25) is 0 Å². The van der Waals surface area contributed by atoms with E-state index in [1.165, 1.54) is 6.92 Å². The van der Waals surface area contributed by atoms with Crippen molar-refractivity contribution in [3.63, 3.8) is 0 Å². The maximum atomic E-state index is 13.1. The van der Waals surface area contributed by atoms with Crippen molar-refractivity contribution in [2.24, 2.45) is 5.73 Å². The van der Waals surface area contributed by atoms with Gasteiger partial charge in [-0.25, -0.2) is 13.2 Å². The molecule has 0 fully saturated rings. The molecule has 0 aromatic heterocycles. The third-order valence-electron chi connectivity index (χ3n) is 1.75. The van der Waals surface area contributed by atoms with Gasteiger partial charge in [0.15, 0.2) is 23.2 Å². The van der Waals surface area contributed by atoms with Crippen LogP contribution in [0.1, 0.15) is 12.5 Å². The molecule has 0 amide bonds. The summed E-state index contributed by atoms with van der Waals surface area (Å²) in [6.07, 6.45) is -0.164. The lowest BCUT2D eigenvalue weighted by Crippen LogP contribution is -2.20. The predicted molar refractivity (Wildman–Crippen MR) is 45.3 cm³/mol. The van der Waals surface area contributed by atoms with Gasteiger partial charge in [0.1, 0.15) is 0 Å². The normalized spacial score (nSPS) is 12.9. The zero-order valence-corrected chi connectivity index (χ0v) is 7.52. The summed E-state index contributed by atoms with van der Waals surface area (Å²) in [5.74, 6) is -4.63. The Kier molecular flexibility index (Phi) is 3.00. The number of benzene rings is 1. The largest absolute Gasteiger partial charge is 0.505 e. The smallest absolute Gasteiger partial charge is 0.171 e. The lowest BCUT2D eigenvalue weighted by Gasteiger charge is -2.09. The Morgan fingerprint density at radius 1 is 1.36 bits per heavy atom. The Morgan fingerprint density at radius 2 is 1.93 bits per heavy atom. The first-order valence-corrected chi connectivity index (χ1v) is 4.04. The molecular formula is C9H10F3NO. The molecule has 0 spiro atoms. The molecule has 2 nitrogen and oxygen atoms in total. The molecule has 1 aromatic carbocycles. The second-order valence-corrected chi connectivity index (χ2v) is 3.17. The summed E-state index contributed by atoms with van der Waals surface area (Å²) in [5, 5.41) is 8.90. The van der Waals surface area contributed by atoms with Gasteiger partial charge in [0, 0.05) is 17.7 Å². The van der Waals surface area contributed by atoms with Gasteiger partial charge in [-0.1, -0.05) is 0 Å². The average Bonchev–Trinajstić information content (AvgIpc) is 2.09. The van der Waals surface area contributed by atoms with Gasteiger partial charge in [-0.3, -0.25) is 0 Å². The predicted octanol–water partition coefficient (Wildman–Crippen LogP) is 1.70. The van der Waals surface area contributed by atoms with E-state index in [0.717, 1.165) is 0 Å². The SMILES string of the molecule is CC(N)Cc1c(F)c(O)cc(F)c1F. The Balaban J connectivity index is 3.25. The van der Waals surface area contributed by atoms with E-state index < -0.39 is 34.8 Å².